The molecular formula is C12H22N2O. The van der Waals surface area contributed by atoms with Crippen LogP contribution >= 0.6 is 0 Å². The highest BCUT2D eigenvalue weighted by atomic mass is 16.2. The van der Waals surface area contributed by atoms with Gasteiger partial charge in [0, 0.05) is 17.0 Å². The molecule has 0 bridgehead atoms. The molecule has 0 saturated heterocycles. The maximum atomic E-state index is 11.8. The van der Waals surface area contributed by atoms with Gasteiger partial charge in [0.25, 0.3) is 0 Å². The standard InChI is InChI=1S/C12H22N2O/c1-11(7-8-11)10(15)14-9-3-5-12(2,13)6-4-9/h9H,3-8,13H2,1-2H3,(H,14,15). The van der Waals surface area contributed by atoms with Crippen molar-refractivity contribution in [3.8, 4) is 0 Å². The summed E-state index contributed by atoms with van der Waals surface area (Å²) in [4.78, 5) is 11.8. The summed E-state index contributed by atoms with van der Waals surface area (Å²) in [6, 6.07) is 0.367. The van der Waals surface area contributed by atoms with Crippen molar-refractivity contribution in [1.82, 2.24) is 5.32 Å². The molecule has 2 aliphatic carbocycles. The molecule has 0 aromatic heterocycles. The van der Waals surface area contributed by atoms with E-state index in [9.17, 15) is 4.79 Å². The first-order valence-corrected chi connectivity index (χ1v) is 6.01. The maximum Gasteiger partial charge on any atom is 0.226 e. The smallest absolute Gasteiger partial charge is 0.226 e. The van der Waals surface area contributed by atoms with Gasteiger partial charge in [-0.05, 0) is 45.4 Å². The Balaban J connectivity index is 1.79. The first-order chi connectivity index (χ1) is 6.91. The van der Waals surface area contributed by atoms with Gasteiger partial charge in [0.15, 0.2) is 0 Å². The zero-order chi connectivity index (χ0) is 11.1. The van der Waals surface area contributed by atoms with E-state index in [4.69, 9.17) is 5.73 Å². The zero-order valence-electron chi connectivity index (χ0n) is 9.81. The predicted molar refractivity (Wildman–Crippen MR) is 60.3 cm³/mol. The van der Waals surface area contributed by atoms with Crippen LogP contribution in [0.2, 0.25) is 0 Å². The van der Waals surface area contributed by atoms with E-state index in [1.54, 1.807) is 0 Å². The van der Waals surface area contributed by atoms with Gasteiger partial charge in [-0.2, -0.15) is 0 Å². The van der Waals surface area contributed by atoms with Gasteiger partial charge in [0.05, 0.1) is 0 Å². The number of carbonyl (C=O) groups excluding carboxylic acids is 1. The molecule has 2 aliphatic rings. The number of hydrogen-bond donors (Lipinski definition) is 2. The molecule has 0 aromatic carbocycles. The topological polar surface area (TPSA) is 55.1 Å². The number of nitrogens with one attached hydrogen (secondary N) is 1. The number of carbonyl (C=O) groups is 1. The Kier molecular flexibility index (Phi) is 2.53. The van der Waals surface area contributed by atoms with Crippen LogP contribution in [-0.4, -0.2) is 17.5 Å². The minimum Gasteiger partial charge on any atom is -0.353 e. The summed E-state index contributed by atoms with van der Waals surface area (Å²) < 4.78 is 0. The van der Waals surface area contributed by atoms with E-state index in [2.05, 4.69) is 19.2 Å². The average Bonchev–Trinajstić information content (AvgIpc) is 2.89. The highest BCUT2D eigenvalue weighted by Crippen LogP contribution is 2.45. The molecule has 0 unspecified atom stereocenters. The van der Waals surface area contributed by atoms with E-state index in [0.717, 1.165) is 38.5 Å². The molecule has 0 heterocycles. The normalized spacial score (nSPS) is 38.5. The lowest BCUT2D eigenvalue weighted by Gasteiger charge is -2.34. The van der Waals surface area contributed by atoms with Gasteiger partial charge in [-0.15, -0.1) is 0 Å². The second-order valence-electron chi connectivity index (χ2n) is 5.96. The summed E-state index contributed by atoms with van der Waals surface area (Å²) >= 11 is 0. The zero-order valence-corrected chi connectivity index (χ0v) is 9.81. The lowest BCUT2D eigenvalue weighted by atomic mass is 9.81. The second kappa shape index (κ2) is 3.48. The number of nitrogens with two attached hydrogens (primary N) is 1. The first kappa shape index (κ1) is 10.9. The van der Waals surface area contributed by atoms with Crippen LogP contribution in [0.3, 0.4) is 0 Å². The number of amides is 1. The van der Waals surface area contributed by atoms with Gasteiger partial charge in [0.2, 0.25) is 5.91 Å². The fraction of sp³-hybridized carbons (Fsp3) is 0.917. The Hall–Kier alpha value is -0.570. The van der Waals surface area contributed by atoms with Crippen LogP contribution in [-0.2, 0) is 4.79 Å². The third kappa shape index (κ3) is 2.51. The van der Waals surface area contributed by atoms with E-state index in [1.807, 2.05) is 0 Å². The van der Waals surface area contributed by atoms with Crippen molar-refractivity contribution in [2.45, 2.75) is 64.0 Å². The number of rotatable bonds is 2. The predicted octanol–water partition coefficient (Wildman–Crippen LogP) is 1.56. The Morgan fingerprint density at radius 3 is 2.20 bits per heavy atom. The van der Waals surface area contributed by atoms with Crippen molar-refractivity contribution in [3.05, 3.63) is 0 Å². The van der Waals surface area contributed by atoms with E-state index in [-0.39, 0.29) is 16.9 Å². The third-order valence-electron chi connectivity index (χ3n) is 4.01. The summed E-state index contributed by atoms with van der Waals surface area (Å²) in [5, 5.41) is 3.16. The molecule has 0 spiro atoms. The molecule has 2 saturated carbocycles. The van der Waals surface area contributed by atoms with E-state index >= 15 is 0 Å². The van der Waals surface area contributed by atoms with Gasteiger partial charge >= 0.3 is 0 Å². The Morgan fingerprint density at radius 2 is 1.73 bits per heavy atom. The molecule has 0 aliphatic heterocycles. The highest BCUT2D eigenvalue weighted by Gasteiger charge is 2.45. The van der Waals surface area contributed by atoms with Crippen molar-refractivity contribution < 1.29 is 4.79 Å². The largest absolute Gasteiger partial charge is 0.353 e. The van der Waals surface area contributed by atoms with Crippen LogP contribution in [0.25, 0.3) is 0 Å². The van der Waals surface area contributed by atoms with Crippen LogP contribution in [0.5, 0.6) is 0 Å². The van der Waals surface area contributed by atoms with Crippen LogP contribution in [0, 0.1) is 5.41 Å². The Morgan fingerprint density at radius 1 is 1.20 bits per heavy atom. The summed E-state index contributed by atoms with van der Waals surface area (Å²) in [5.41, 5.74) is 6.01. The maximum absolute atomic E-state index is 11.8. The molecule has 3 N–H and O–H groups in total. The summed E-state index contributed by atoms with van der Waals surface area (Å²) in [6.07, 6.45) is 6.23. The Bertz CT molecular complexity index is 259. The van der Waals surface area contributed by atoms with Gasteiger partial charge in [-0.1, -0.05) is 6.92 Å². The number of hydrogen-bond acceptors (Lipinski definition) is 2. The van der Waals surface area contributed by atoms with Crippen molar-refractivity contribution in [2.75, 3.05) is 0 Å². The van der Waals surface area contributed by atoms with E-state index in [1.165, 1.54) is 0 Å². The molecule has 2 fully saturated rings. The molecule has 0 aromatic rings. The quantitative estimate of drug-likeness (QED) is 0.726. The average molecular weight is 210 g/mol. The first-order valence-electron chi connectivity index (χ1n) is 6.01. The minimum absolute atomic E-state index is 0.00922. The molecule has 2 rings (SSSR count). The van der Waals surface area contributed by atoms with Crippen molar-refractivity contribution in [2.24, 2.45) is 11.1 Å². The Labute approximate surface area is 91.8 Å². The highest BCUT2D eigenvalue weighted by molar-refractivity contribution is 5.85. The molecule has 86 valence electrons. The fourth-order valence-electron chi connectivity index (χ4n) is 2.20. The second-order valence-corrected chi connectivity index (χ2v) is 5.96. The van der Waals surface area contributed by atoms with Gasteiger partial charge < -0.3 is 11.1 Å². The summed E-state index contributed by atoms with van der Waals surface area (Å²) in [6.45, 7) is 4.16. The van der Waals surface area contributed by atoms with E-state index in [0.29, 0.717) is 6.04 Å². The molecule has 0 atom stereocenters. The van der Waals surface area contributed by atoms with Gasteiger partial charge in [0.1, 0.15) is 0 Å². The van der Waals surface area contributed by atoms with E-state index < -0.39 is 0 Å². The van der Waals surface area contributed by atoms with Crippen molar-refractivity contribution in [3.63, 3.8) is 0 Å². The summed E-state index contributed by atoms with van der Waals surface area (Å²) in [7, 11) is 0. The molecule has 3 heteroatoms. The molecule has 0 radical (unpaired) electrons. The van der Waals surface area contributed by atoms with Crippen LogP contribution in [0.1, 0.15) is 52.4 Å². The molecule has 3 nitrogen and oxygen atoms in total. The lowest BCUT2D eigenvalue weighted by Crippen LogP contribution is -2.47. The van der Waals surface area contributed by atoms with Gasteiger partial charge in [-0.3, -0.25) is 4.79 Å². The molecule has 15 heavy (non-hydrogen) atoms. The van der Waals surface area contributed by atoms with Gasteiger partial charge in [-0.25, -0.2) is 0 Å². The summed E-state index contributed by atoms with van der Waals surface area (Å²) in [5.74, 6) is 0.258. The van der Waals surface area contributed by atoms with Crippen molar-refractivity contribution in [1.29, 1.82) is 0 Å². The lowest BCUT2D eigenvalue weighted by molar-refractivity contribution is -0.126. The SMILES string of the molecule is CC1(N)CCC(NC(=O)C2(C)CC2)CC1. The van der Waals surface area contributed by atoms with Crippen LogP contribution < -0.4 is 11.1 Å². The molecule has 1 amide bonds. The minimum atomic E-state index is -0.0382. The third-order valence-corrected chi connectivity index (χ3v) is 4.01. The fourth-order valence-corrected chi connectivity index (χ4v) is 2.20. The van der Waals surface area contributed by atoms with Crippen LogP contribution in [0.15, 0.2) is 0 Å². The van der Waals surface area contributed by atoms with Crippen molar-refractivity contribution >= 4 is 5.91 Å². The monoisotopic (exact) mass is 210 g/mol. The molecular weight excluding hydrogens is 188 g/mol. The van der Waals surface area contributed by atoms with Crippen LogP contribution in [0.4, 0.5) is 0 Å².